The second kappa shape index (κ2) is 9.34. The molecular weight excluding hydrogens is 308 g/mol. The number of likely N-dealkylation sites (N-methyl/N-ethyl adjacent to an activating group) is 1. The first-order chi connectivity index (χ1) is 11.6. The molecule has 0 aliphatic carbocycles. The number of amides is 2. The predicted molar refractivity (Wildman–Crippen MR) is 92.5 cm³/mol. The van der Waals surface area contributed by atoms with Crippen LogP contribution >= 0.6 is 0 Å². The maximum Gasteiger partial charge on any atom is 0.239 e. The van der Waals surface area contributed by atoms with Gasteiger partial charge >= 0.3 is 0 Å². The normalized spacial score (nSPS) is 21.2. The number of nitrogens with two attached hydrogens (primary N) is 1. The van der Waals surface area contributed by atoms with Gasteiger partial charge in [-0.05, 0) is 31.8 Å². The second-order valence-corrected chi connectivity index (χ2v) is 6.64. The third-order valence-corrected chi connectivity index (χ3v) is 5.26. The van der Waals surface area contributed by atoms with Crippen molar-refractivity contribution in [1.29, 1.82) is 0 Å². The van der Waals surface area contributed by atoms with Gasteiger partial charge in [-0.2, -0.15) is 0 Å². The van der Waals surface area contributed by atoms with E-state index < -0.39 is 6.04 Å². The molecule has 2 fully saturated rings. The summed E-state index contributed by atoms with van der Waals surface area (Å²) in [7, 11) is 0. The highest BCUT2D eigenvalue weighted by Gasteiger charge is 2.32. The molecule has 2 N–H and O–H groups in total. The van der Waals surface area contributed by atoms with Crippen LogP contribution in [0.5, 0.6) is 0 Å². The zero-order valence-corrected chi connectivity index (χ0v) is 15.1. The molecule has 0 aromatic heterocycles. The Labute approximate surface area is 145 Å². The van der Waals surface area contributed by atoms with Crippen LogP contribution < -0.4 is 5.73 Å². The second-order valence-electron chi connectivity index (χ2n) is 6.64. The predicted octanol–water partition coefficient (Wildman–Crippen LogP) is -0.247. The number of piperazine rings is 1. The molecule has 2 saturated heterocycles. The summed E-state index contributed by atoms with van der Waals surface area (Å²) in [5.74, 6) is 0.394. The summed E-state index contributed by atoms with van der Waals surface area (Å²) in [5, 5.41) is 0. The molecule has 2 amide bonds. The smallest absolute Gasteiger partial charge is 0.239 e. The Bertz CT molecular complexity index is 414. The molecule has 7 nitrogen and oxygen atoms in total. The van der Waals surface area contributed by atoms with Crippen molar-refractivity contribution in [2.24, 2.45) is 11.7 Å². The van der Waals surface area contributed by atoms with Crippen LogP contribution in [0.3, 0.4) is 0 Å². The van der Waals surface area contributed by atoms with Gasteiger partial charge in [0.2, 0.25) is 11.8 Å². The number of carbonyl (C=O) groups excluding carboxylic acids is 2. The SMILES string of the molecule is CCN(CC)CC(=O)N1CCN(C(=O)C(N)C2CCOCC2)CC1. The Balaban J connectivity index is 1.79. The van der Waals surface area contributed by atoms with Crippen molar-refractivity contribution in [2.45, 2.75) is 32.7 Å². The molecule has 2 aliphatic heterocycles. The first-order valence-corrected chi connectivity index (χ1v) is 9.19. The van der Waals surface area contributed by atoms with Crippen molar-refractivity contribution in [1.82, 2.24) is 14.7 Å². The molecule has 1 unspecified atom stereocenters. The lowest BCUT2D eigenvalue weighted by Gasteiger charge is -2.38. The lowest BCUT2D eigenvalue weighted by Crippen LogP contribution is -2.57. The highest BCUT2D eigenvalue weighted by molar-refractivity contribution is 5.83. The minimum absolute atomic E-state index is 0.0257. The van der Waals surface area contributed by atoms with E-state index in [0.29, 0.717) is 45.9 Å². The van der Waals surface area contributed by atoms with E-state index in [-0.39, 0.29) is 17.7 Å². The van der Waals surface area contributed by atoms with Gasteiger partial charge in [0.25, 0.3) is 0 Å². The summed E-state index contributed by atoms with van der Waals surface area (Å²) in [4.78, 5) is 30.7. The summed E-state index contributed by atoms with van der Waals surface area (Å²) in [6, 6.07) is -0.438. The number of carbonyl (C=O) groups is 2. The van der Waals surface area contributed by atoms with E-state index in [1.807, 2.05) is 9.80 Å². The van der Waals surface area contributed by atoms with Gasteiger partial charge in [-0.3, -0.25) is 14.5 Å². The zero-order valence-electron chi connectivity index (χ0n) is 15.1. The van der Waals surface area contributed by atoms with Crippen molar-refractivity contribution >= 4 is 11.8 Å². The highest BCUT2D eigenvalue weighted by Crippen LogP contribution is 2.19. The van der Waals surface area contributed by atoms with Crippen LogP contribution in [0, 0.1) is 5.92 Å². The van der Waals surface area contributed by atoms with Crippen molar-refractivity contribution in [2.75, 3.05) is 59.0 Å². The molecule has 138 valence electrons. The molecule has 0 spiro atoms. The van der Waals surface area contributed by atoms with Gasteiger partial charge in [-0.1, -0.05) is 13.8 Å². The molecule has 0 saturated carbocycles. The molecule has 7 heteroatoms. The van der Waals surface area contributed by atoms with Crippen molar-refractivity contribution in [3.8, 4) is 0 Å². The summed E-state index contributed by atoms with van der Waals surface area (Å²) in [5.41, 5.74) is 6.19. The van der Waals surface area contributed by atoms with Gasteiger partial charge in [0.15, 0.2) is 0 Å². The first kappa shape index (κ1) is 19.1. The Kier molecular flexibility index (Phi) is 7.45. The van der Waals surface area contributed by atoms with E-state index in [2.05, 4.69) is 18.7 Å². The van der Waals surface area contributed by atoms with Crippen LogP contribution in [0.25, 0.3) is 0 Å². The fourth-order valence-corrected chi connectivity index (χ4v) is 3.40. The van der Waals surface area contributed by atoms with Gasteiger partial charge in [0.1, 0.15) is 0 Å². The van der Waals surface area contributed by atoms with Crippen LogP contribution in [0.4, 0.5) is 0 Å². The van der Waals surface area contributed by atoms with E-state index in [4.69, 9.17) is 10.5 Å². The zero-order chi connectivity index (χ0) is 17.5. The summed E-state index contributed by atoms with van der Waals surface area (Å²) >= 11 is 0. The summed E-state index contributed by atoms with van der Waals surface area (Å²) in [6.45, 7) is 10.1. The number of rotatable bonds is 6. The molecular formula is C17H32N4O3. The lowest BCUT2D eigenvalue weighted by molar-refractivity contribution is -0.142. The number of ether oxygens (including phenoxy) is 1. The van der Waals surface area contributed by atoms with Crippen LogP contribution in [-0.2, 0) is 14.3 Å². The van der Waals surface area contributed by atoms with Gasteiger partial charge < -0.3 is 20.3 Å². The van der Waals surface area contributed by atoms with Crippen molar-refractivity contribution < 1.29 is 14.3 Å². The van der Waals surface area contributed by atoms with Crippen LogP contribution in [-0.4, -0.2) is 91.6 Å². The molecule has 2 heterocycles. The number of nitrogens with zero attached hydrogens (tertiary/aromatic N) is 3. The lowest BCUT2D eigenvalue weighted by atomic mass is 9.91. The van der Waals surface area contributed by atoms with E-state index in [1.165, 1.54) is 0 Å². The Morgan fingerprint density at radius 1 is 1.08 bits per heavy atom. The Hall–Kier alpha value is -1.18. The monoisotopic (exact) mass is 340 g/mol. The van der Waals surface area contributed by atoms with Crippen molar-refractivity contribution in [3.63, 3.8) is 0 Å². The summed E-state index contributed by atoms with van der Waals surface area (Å²) < 4.78 is 5.34. The number of hydrogen-bond acceptors (Lipinski definition) is 5. The third-order valence-electron chi connectivity index (χ3n) is 5.26. The standard InChI is InChI=1S/C17H32N4O3/c1-3-19(4-2)13-15(22)20-7-9-21(10-8-20)17(23)16(18)14-5-11-24-12-6-14/h14,16H,3-13,18H2,1-2H3. The fraction of sp³-hybridized carbons (Fsp3) is 0.882. The van der Waals surface area contributed by atoms with E-state index in [0.717, 1.165) is 25.9 Å². The first-order valence-electron chi connectivity index (χ1n) is 9.19. The van der Waals surface area contributed by atoms with E-state index in [9.17, 15) is 9.59 Å². The molecule has 0 radical (unpaired) electrons. The molecule has 0 bridgehead atoms. The fourth-order valence-electron chi connectivity index (χ4n) is 3.40. The average molecular weight is 340 g/mol. The van der Waals surface area contributed by atoms with E-state index >= 15 is 0 Å². The topological polar surface area (TPSA) is 79.1 Å². The largest absolute Gasteiger partial charge is 0.381 e. The molecule has 0 aromatic carbocycles. The quantitative estimate of drug-likeness (QED) is 0.721. The molecule has 1 atom stereocenters. The van der Waals surface area contributed by atoms with Crippen LogP contribution in [0.2, 0.25) is 0 Å². The highest BCUT2D eigenvalue weighted by atomic mass is 16.5. The van der Waals surface area contributed by atoms with Crippen LogP contribution in [0.15, 0.2) is 0 Å². The molecule has 2 rings (SSSR count). The molecule has 0 aromatic rings. The summed E-state index contributed by atoms with van der Waals surface area (Å²) in [6.07, 6.45) is 1.71. The minimum atomic E-state index is -0.438. The van der Waals surface area contributed by atoms with Gasteiger partial charge in [0, 0.05) is 39.4 Å². The average Bonchev–Trinajstić information content (AvgIpc) is 2.65. The van der Waals surface area contributed by atoms with Crippen LogP contribution in [0.1, 0.15) is 26.7 Å². The molecule has 24 heavy (non-hydrogen) atoms. The maximum absolute atomic E-state index is 12.6. The maximum atomic E-state index is 12.6. The number of hydrogen-bond donors (Lipinski definition) is 1. The van der Waals surface area contributed by atoms with E-state index in [1.54, 1.807) is 0 Å². The minimum Gasteiger partial charge on any atom is -0.381 e. The van der Waals surface area contributed by atoms with Gasteiger partial charge in [0.05, 0.1) is 12.6 Å². The third kappa shape index (κ3) is 4.91. The van der Waals surface area contributed by atoms with Gasteiger partial charge in [-0.15, -0.1) is 0 Å². The van der Waals surface area contributed by atoms with Crippen molar-refractivity contribution in [3.05, 3.63) is 0 Å². The molecule has 2 aliphatic rings. The Morgan fingerprint density at radius 3 is 2.17 bits per heavy atom. The Morgan fingerprint density at radius 2 is 1.62 bits per heavy atom. The van der Waals surface area contributed by atoms with Gasteiger partial charge in [-0.25, -0.2) is 0 Å².